The smallest absolute Gasteiger partial charge is 0.156 e. The molecule has 1 N–H and O–H groups in total. The first kappa shape index (κ1) is 18.1. The standard InChI is InChI=1S/C19H17ClFN3O2/c1-22-10-19-23-9-17(24(19)2)12-3-5-14(6-4-12)26-18-8-13(20)7-16(21)15(18)11-25/h3-9,11,22H,10H2,1-2H3. The largest absolute Gasteiger partial charge is 0.456 e. The van der Waals surface area contributed by atoms with E-state index in [-0.39, 0.29) is 16.3 Å². The molecule has 0 saturated heterocycles. The van der Waals surface area contributed by atoms with Crippen molar-refractivity contribution in [3.63, 3.8) is 0 Å². The Balaban J connectivity index is 1.86. The van der Waals surface area contributed by atoms with Gasteiger partial charge in [-0.2, -0.15) is 0 Å². The fraction of sp³-hybridized carbons (Fsp3) is 0.158. The highest BCUT2D eigenvalue weighted by atomic mass is 35.5. The molecule has 0 spiro atoms. The van der Waals surface area contributed by atoms with Crippen molar-refractivity contribution in [2.45, 2.75) is 6.54 Å². The molecule has 0 radical (unpaired) electrons. The van der Waals surface area contributed by atoms with Crippen molar-refractivity contribution in [1.82, 2.24) is 14.9 Å². The molecule has 0 atom stereocenters. The molecule has 2 aromatic carbocycles. The van der Waals surface area contributed by atoms with Crippen molar-refractivity contribution in [3.8, 4) is 22.8 Å². The lowest BCUT2D eigenvalue weighted by Gasteiger charge is -2.10. The molecule has 1 aromatic heterocycles. The van der Waals surface area contributed by atoms with E-state index >= 15 is 0 Å². The summed E-state index contributed by atoms with van der Waals surface area (Å²) in [5.74, 6) is 0.754. The van der Waals surface area contributed by atoms with E-state index in [9.17, 15) is 9.18 Å². The molecule has 0 saturated carbocycles. The summed E-state index contributed by atoms with van der Waals surface area (Å²) < 4.78 is 21.4. The molecule has 0 aliphatic heterocycles. The van der Waals surface area contributed by atoms with Crippen LogP contribution in [-0.2, 0) is 13.6 Å². The van der Waals surface area contributed by atoms with Gasteiger partial charge in [-0.05, 0) is 37.4 Å². The van der Waals surface area contributed by atoms with Crippen LogP contribution in [0.5, 0.6) is 11.5 Å². The third kappa shape index (κ3) is 3.61. The number of nitrogens with zero attached hydrogens (tertiary/aromatic N) is 2. The zero-order valence-electron chi connectivity index (χ0n) is 14.3. The first-order valence-corrected chi connectivity index (χ1v) is 8.29. The molecule has 1 heterocycles. The Labute approximate surface area is 155 Å². The molecule has 0 fully saturated rings. The fourth-order valence-electron chi connectivity index (χ4n) is 2.62. The monoisotopic (exact) mass is 373 g/mol. The number of hydrogen-bond donors (Lipinski definition) is 1. The van der Waals surface area contributed by atoms with Gasteiger partial charge in [0, 0.05) is 23.7 Å². The molecule has 0 amide bonds. The number of aldehydes is 1. The van der Waals surface area contributed by atoms with Gasteiger partial charge in [-0.25, -0.2) is 9.37 Å². The molecule has 0 aliphatic rings. The molecule has 3 aromatic rings. The van der Waals surface area contributed by atoms with Crippen LogP contribution >= 0.6 is 11.6 Å². The lowest BCUT2D eigenvalue weighted by atomic mass is 10.1. The highest BCUT2D eigenvalue weighted by Gasteiger charge is 2.13. The van der Waals surface area contributed by atoms with Gasteiger partial charge < -0.3 is 14.6 Å². The highest BCUT2D eigenvalue weighted by molar-refractivity contribution is 6.30. The maximum absolute atomic E-state index is 13.8. The summed E-state index contributed by atoms with van der Waals surface area (Å²) in [5, 5.41) is 3.23. The van der Waals surface area contributed by atoms with E-state index in [4.69, 9.17) is 16.3 Å². The predicted octanol–water partition coefficient (Wildman–Crippen LogP) is 4.20. The maximum Gasteiger partial charge on any atom is 0.156 e. The number of imidazole rings is 1. The molecule has 3 rings (SSSR count). The number of nitrogens with one attached hydrogen (secondary N) is 1. The van der Waals surface area contributed by atoms with Gasteiger partial charge in [-0.3, -0.25) is 4.79 Å². The number of ether oxygens (including phenoxy) is 1. The molecule has 0 unspecified atom stereocenters. The SMILES string of the molecule is CNCc1ncc(-c2ccc(Oc3cc(Cl)cc(F)c3C=O)cc2)n1C. The van der Waals surface area contributed by atoms with Gasteiger partial charge in [0.15, 0.2) is 6.29 Å². The molecule has 0 aliphatic carbocycles. The van der Waals surface area contributed by atoms with Crippen LogP contribution in [0.3, 0.4) is 0 Å². The van der Waals surface area contributed by atoms with Crippen molar-refractivity contribution in [2.75, 3.05) is 7.05 Å². The molecule has 0 bridgehead atoms. The van der Waals surface area contributed by atoms with Crippen molar-refractivity contribution >= 4 is 17.9 Å². The van der Waals surface area contributed by atoms with E-state index in [1.807, 2.05) is 30.8 Å². The molecular formula is C19H17ClFN3O2. The summed E-state index contributed by atoms with van der Waals surface area (Å²) in [7, 11) is 3.82. The molecule has 26 heavy (non-hydrogen) atoms. The van der Waals surface area contributed by atoms with Crippen molar-refractivity contribution < 1.29 is 13.9 Å². The van der Waals surface area contributed by atoms with Crippen molar-refractivity contribution in [2.24, 2.45) is 7.05 Å². The number of rotatable bonds is 6. The Morgan fingerprint density at radius 2 is 2.04 bits per heavy atom. The van der Waals surface area contributed by atoms with Gasteiger partial charge in [0.2, 0.25) is 0 Å². The van der Waals surface area contributed by atoms with E-state index < -0.39 is 5.82 Å². The zero-order valence-corrected chi connectivity index (χ0v) is 15.0. The number of halogens is 2. The number of aromatic nitrogens is 2. The Morgan fingerprint density at radius 1 is 1.31 bits per heavy atom. The minimum absolute atomic E-state index is 0.0783. The Bertz CT molecular complexity index is 939. The normalized spacial score (nSPS) is 10.8. The summed E-state index contributed by atoms with van der Waals surface area (Å²) in [6.07, 6.45) is 2.22. The summed E-state index contributed by atoms with van der Waals surface area (Å²) in [6, 6.07) is 9.72. The third-order valence-corrected chi connectivity index (χ3v) is 4.19. The van der Waals surface area contributed by atoms with Crippen molar-refractivity contribution in [1.29, 1.82) is 0 Å². The highest BCUT2D eigenvalue weighted by Crippen LogP contribution is 2.31. The summed E-state index contributed by atoms with van der Waals surface area (Å²) >= 11 is 5.85. The maximum atomic E-state index is 13.8. The number of carbonyl (C=O) groups is 1. The molecule has 5 nitrogen and oxygen atoms in total. The van der Waals surface area contributed by atoms with Crippen LogP contribution in [-0.4, -0.2) is 22.9 Å². The number of hydrogen-bond acceptors (Lipinski definition) is 4. The predicted molar refractivity (Wildman–Crippen MR) is 98.3 cm³/mol. The first-order chi connectivity index (χ1) is 12.5. The molecule has 134 valence electrons. The molecule has 7 heteroatoms. The van der Waals surface area contributed by atoms with Crippen LogP contribution in [0, 0.1) is 5.82 Å². The minimum atomic E-state index is -0.717. The lowest BCUT2D eigenvalue weighted by Crippen LogP contribution is -2.10. The second-order valence-electron chi connectivity index (χ2n) is 5.69. The van der Waals surface area contributed by atoms with E-state index in [0.29, 0.717) is 18.6 Å². The van der Waals surface area contributed by atoms with Gasteiger partial charge in [-0.15, -0.1) is 0 Å². The zero-order chi connectivity index (χ0) is 18.7. The number of benzene rings is 2. The second kappa shape index (κ2) is 7.68. The van der Waals surface area contributed by atoms with Crippen LogP contribution in [0.25, 0.3) is 11.3 Å². The summed E-state index contributed by atoms with van der Waals surface area (Å²) in [5.41, 5.74) is 1.76. The lowest BCUT2D eigenvalue weighted by molar-refractivity contribution is 0.111. The van der Waals surface area contributed by atoms with Gasteiger partial charge in [0.05, 0.1) is 24.0 Å². The number of carbonyl (C=O) groups excluding carboxylic acids is 1. The quantitative estimate of drug-likeness (QED) is 0.658. The van der Waals surface area contributed by atoms with E-state index in [1.165, 1.54) is 6.07 Å². The third-order valence-electron chi connectivity index (χ3n) is 3.97. The van der Waals surface area contributed by atoms with Crippen LogP contribution < -0.4 is 10.1 Å². The fourth-order valence-corrected chi connectivity index (χ4v) is 2.81. The average molecular weight is 374 g/mol. The van der Waals surface area contributed by atoms with E-state index in [2.05, 4.69) is 10.3 Å². The van der Waals surface area contributed by atoms with Gasteiger partial charge in [0.25, 0.3) is 0 Å². The summed E-state index contributed by atoms with van der Waals surface area (Å²) in [6.45, 7) is 0.673. The van der Waals surface area contributed by atoms with Crippen LogP contribution in [0.1, 0.15) is 16.2 Å². The minimum Gasteiger partial charge on any atom is -0.456 e. The Kier molecular flexibility index (Phi) is 5.35. The van der Waals surface area contributed by atoms with E-state index in [0.717, 1.165) is 23.1 Å². The average Bonchev–Trinajstić information content (AvgIpc) is 2.97. The second-order valence-corrected chi connectivity index (χ2v) is 6.13. The van der Waals surface area contributed by atoms with Crippen LogP contribution in [0.4, 0.5) is 4.39 Å². The summed E-state index contributed by atoms with van der Waals surface area (Å²) in [4.78, 5) is 15.5. The van der Waals surface area contributed by atoms with Gasteiger partial charge in [-0.1, -0.05) is 11.6 Å². The van der Waals surface area contributed by atoms with Gasteiger partial charge in [0.1, 0.15) is 23.1 Å². The van der Waals surface area contributed by atoms with Crippen LogP contribution in [0.15, 0.2) is 42.6 Å². The van der Waals surface area contributed by atoms with E-state index in [1.54, 1.807) is 18.3 Å². The Morgan fingerprint density at radius 3 is 2.69 bits per heavy atom. The Hall–Kier alpha value is -2.70. The van der Waals surface area contributed by atoms with Gasteiger partial charge >= 0.3 is 0 Å². The van der Waals surface area contributed by atoms with Crippen molar-refractivity contribution in [3.05, 3.63) is 64.8 Å². The molecular weight excluding hydrogens is 357 g/mol. The van der Waals surface area contributed by atoms with Crippen LogP contribution in [0.2, 0.25) is 5.02 Å². The topological polar surface area (TPSA) is 56.2 Å². The first-order valence-electron chi connectivity index (χ1n) is 7.91.